The number of aromatic hydroxyl groups is 1. The fourth-order valence-electron chi connectivity index (χ4n) is 14.7. The van der Waals surface area contributed by atoms with Gasteiger partial charge < -0.3 is 140 Å². The van der Waals surface area contributed by atoms with Crippen molar-refractivity contribution in [1.82, 2.24) is 93.7 Å². The minimum atomic E-state index is -2.00. The van der Waals surface area contributed by atoms with Gasteiger partial charge in [0, 0.05) is 153 Å². The molecule has 5 rings (SSSR count). The first kappa shape index (κ1) is 123. The predicted octanol–water partition coefficient (Wildman–Crippen LogP) is -10.7. The standard InChI is InChI=1S/C89H127N25O29S.In/c1-48(79(133)109-63(39-50-12-14-52(115)15-13-50)80(134)98-43-72(122)101-64(40-51-42-97-54-11-7-6-10-53(51)54)88(142)107-61(28-37-144-2)87(141)110-65(41-74(124)125)89(143)108-62(78(96)132)38-49-8-4-3-5-9-49)99-81(135)56(17-23-67(91)117)102-83(137)58(19-25-69(93)119)104-85(139)60(21-27-71(95)121)106-86(140)59(20-26-70(94)120)105-84(138)57(18-24-68(92)118)103-82(136)55(16-22-66(90)116)100-73(123)44-111-29-31-112(45-75(126)127)33-35-114(47-77(130)131)36-34-113(32-30-111)46-76(128)129;/h3-15,42,48,55-65,97,115H,16-41,43-47H2,1-2H3,(H2,90,116)(H2,91,117)(H2,92,118)(H2,93,119)(H2,94,120)(H2,95,121)(H2,96,132)(H,98,134)(H,99,135)(H,100,123)(H,101,122)(H,102,137)(H,103,136)(H,104,139)(H,105,138)(H,106,140)(H,107,142)(H,108,143)(H,109,133)(H,110,141)(H,124,125)(H,126,127)(H,128,129)(H,130,131);/t48-,55+,56+,57+,58+,59+,60+,61-,62-,63-,64-,65-;/m0./s1/i;1-4. The Morgan fingerprint density at radius 1 is 0.338 bits per heavy atom. The number of phenols is 1. The number of aromatic nitrogens is 1. The van der Waals surface area contributed by atoms with Gasteiger partial charge in [-0.2, -0.15) is 11.8 Å². The fourth-order valence-corrected chi connectivity index (χ4v) is 15.2. The summed E-state index contributed by atoms with van der Waals surface area (Å²) in [5, 5.41) is 80.7. The molecule has 0 spiro atoms. The molecule has 0 bridgehead atoms. The molecule has 0 saturated carbocycles. The van der Waals surface area contributed by atoms with Crippen molar-refractivity contribution in [3.8, 4) is 5.75 Å². The summed E-state index contributed by atoms with van der Waals surface area (Å²) in [5.74, 6) is -27.7. The number of carboxylic acid groups (broad SMARTS) is 4. The number of carbonyl (C=O) groups excluding carboxylic acids is 20. The summed E-state index contributed by atoms with van der Waals surface area (Å²) < 4.78 is 0. The molecule has 1 saturated heterocycles. The molecule has 3 radical (unpaired) electrons. The Hall–Kier alpha value is -14.7. The molecule has 791 valence electrons. The molecular formula is C89H127InN25O29S. The van der Waals surface area contributed by atoms with Crippen molar-refractivity contribution in [3.63, 3.8) is 0 Å². The van der Waals surface area contributed by atoms with Crippen LogP contribution < -0.4 is 109 Å². The number of para-hydroxylation sites is 1. The number of primary amides is 7. The number of carbonyl (C=O) groups is 24. The van der Waals surface area contributed by atoms with Gasteiger partial charge in [-0.25, -0.2) is 0 Å². The average Bonchev–Trinajstić information content (AvgIpc) is 1.69. The van der Waals surface area contributed by atoms with Crippen LogP contribution in [0.2, 0.25) is 0 Å². The van der Waals surface area contributed by atoms with Crippen LogP contribution in [-0.2, 0) is 134 Å². The summed E-state index contributed by atoms with van der Waals surface area (Å²) in [4.78, 5) is 330. The SMILES string of the molecule is CSCC[C@H](NC(=O)[C@H](Cc1c[nH]c2ccccc12)NC(=O)CNC(=O)[C@H](Cc1ccc(O)cc1)NC(=O)[C@H](C)NC(=O)[C@@H](CCC(N)=O)NC(=O)[C@@H](CCC(N)=O)NC(=O)[C@@H](CCC(N)=O)NC(=O)[C@@H](CCC(N)=O)NC(=O)[C@@H](CCC(N)=O)NC(=O)[C@@H](CCC(N)=O)NC(=O)CN1CCN(CC(=O)O)CCN(CC(=O)O)CCN(CC(=O)O)CC1)C(=O)N[C@@H](CC(=O)O)C(=O)N[C@@H](Cc1ccccc1)C(N)=O.[111In]. The van der Waals surface area contributed by atoms with Crippen molar-refractivity contribution in [2.24, 2.45) is 40.1 Å². The number of carboxylic acids is 4. The first-order chi connectivity index (χ1) is 68.0. The van der Waals surface area contributed by atoms with Crippen LogP contribution in [0.1, 0.15) is 114 Å². The predicted molar refractivity (Wildman–Crippen MR) is 515 cm³/mol. The number of aromatic amines is 1. The topological polar surface area (TPSA) is 878 Å². The van der Waals surface area contributed by atoms with Gasteiger partial charge in [0.25, 0.3) is 0 Å². The van der Waals surface area contributed by atoms with Crippen molar-refractivity contribution in [2.75, 3.05) is 97.1 Å². The molecule has 12 atom stereocenters. The number of nitrogens with two attached hydrogens (primary N) is 7. The van der Waals surface area contributed by atoms with E-state index in [0.717, 1.165) is 6.92 Å². The van der Waals surface area contributed by atoms with E-state index in [0.29, 0.717) is 22.0 Å². The van der Waals surface area contributed by atoms with Gasteiger partial charge in [-0.05, 0) is 98.8 Å². The molecule has 3 aromatic carbocycles. The fraction of sp³-hybridized carbons (Fsp3) is 0.506. The molecule has 1 fully saturated rings. The van der Waals surface area contributed by atoms with Crippen LogP contribution in [0.25, 0.3) is 10.9 Å². The van der Waals surface area contributed by atoms with Gasteiger partial charge >= 0.3 is 23.9 Å². The normalized spacial score (nSPS) is 15.1. The number of rotatable bonds is 63. The Balaban J connectivity index is 0.0000438. The number of benzene rings is 3. The van der Waals surface area contributed by atoms with Crippen LogP contribution in [0.15, 0.2) is 85.1 Å². The molecule has 0 unspecified atom stereocenters. The Morgan fingerprint density at radius 3 is 1.03 bits per heavy atom. The zero-order valence-electron chi connectivity index (χ0n) is 79.8. The van der Waals surface area contributed by atoms with Crippen molar-refractivity contribution in [3.05, 3.63) is 102 Å². The number of nitrogens with one attached hydrogen (secondary N) is 14. The van der Waals surface area contributed by atoms with Crippen LogP contribution >= 0.6 is 11.8 Å². The number of amides is 20. The molecule has 20 amide bonds. The Labute approximate surface area is 853 Å². The van der Waals surface area contributed by atoms with Crippen LogP contribution in [0.4, 0.5) is 0 Å². The molecule has 1 aliphatic heterocycles. The van der Waals surface area contributed by atoms with Gasteiger partial charge in [0.2, 0.25) is 118 Å². The number of phenolic OH excluding ortho intramolecular Hbond substituents is 1. The number of hydrogen-bond acceptors (Lipinski definition) is 30. The maximum absolute atomic E-state index is 14.7. The van der Waals surface area contributed by atoms with Crippen molar-refractivity contribution < 1.29 is 141 Å². The van der Waals surface area contributed by atoms with E-state index < -0.39 is 337 Å². The van der Waals surface area contributed by atoms with E-state index in [1.165, 1.54) is 55.6 Å². The van der Waals surface area contributed by atoms with Crippen LogP contribution in [0.3, 0.4) is 0 Å². The molecule has 4 aromatic rings. The van der Waals surface area contributed by atoms with Crippen LogP contribution in [0, 0.1) is 0 Å². The van der Waals surface area contributed by atoms with Crippen LogP contribution in [-0.4, -0.2) is 388 Å². The van der Waals surface area contributed by atoms with Gasteiger partial charge in [0.1, 0.15) is 78.3 Å². The van der Waals surface area contributed by atoms with Crippen molar-refractivity contribution >= 4 is 191 Å². The zero-order valence-corrected chi connectivity index (χ0v) is 83.9. The molecule has 1 aromatic heterocycles. The van der Waals surface area contributed by atoms with Crippen LogP contribution in [0.5, 0.6) is 5.75 Å². The summed E-state index contributed by atoms with van der Waals surface area (Å²) >= 11 is 1.25. The Bertz CT molecular complexity index is 5190. The smallest absolute Gasteiger partial charge is 0.317 e. The number of aliphatic carboxylic acids is 4. The second-order valence-electron chi connectivity index (χ2n) is 34.0. The second kappa shape index (κ2) is 63.4. The minimum absolute atomic E-state index is 0. The molecule has 0 aliphatic carbocycles. The summed E-state index contributed by atoms with van der Waals surface area (Å²) in [6, 6.07) is -0.783. The molecule has 145 heavy (non-hydrogen) atoms. The molecule has 33 N–H and O–H groups in total. The summed E-state index contributed by atoms with van der Waals surface area (Å²) in [5.41, 5.74) is 40.4. The van der Waals surface area contributed by atoms with Gasteiger partial charge in [-0.3, -0.25) is 135 Å². The molecule has 56 heteroatoms. The third-order valence-corrected chi connectivity index (χ3v) is 23.0. The summed E-state index contributed by atoms with van der Waals surface area (Å²) in [6.45, 7) is -1.97. The van der Waals surface area contributed by atoms with E-state index in [4.69, 9.17) is 40.1 Å². The minimum Gasteiger partial charge on any atom is -0.508 e. The van der Waals surface area contributed by atoms with E-state index in [1.54, 1.807) is 67.0 Å². The molecule has 2 heterocycles. The number of nitrogens with zero attached hydrogens (tertiary/aromatic N) is 4. The van der Waals surface area contributed by atoms with Gasteiger partial charge in [-0.15, -0.1) is 0 Å². The van der Waals surface area contributed by atoms with E-state index in [1.807, 2.05) is 0 Å². The van der Waals surface area contributed by atoms with Crippen molar-refractivity contribution in [1.29, 1.82) is 0 Å². The number of hydrogen-bond donors (Lipinski definition) is 26. The van der Waals surface area contributed by atoms with Crippen molar-refractivity contribution in [2.45, 2.75) is 189 Å². The molecular weight excluding hydrogens is 2030 g/mol. The summed E-state index contributed by atoms with van der Waals surface area (Å²) in [7, 11) is 0. The number of fused-ring (bicyclic) bond motifs is 1. The first-order valence-electron chi connectivity index (χ1n) is 45.6. The van der Waals surface area contributed by atoms with Gasteiger partial charge in [0.05, 0.1) is 39.1 Å². The largest absolute Gasteiger partial charge is 0.508 e. The third-order valence-electron chi connectivity index (χ3n) is 22.4. The average molecular weight is 2150 g/mol. The summed E-state index contributed by atoms with van der Waals surface area (Å²) in [6.07, 6.45) is -6.83. The quantitative estimate of drug-likeness (QED) is 0.0195. The first-order valence-corrected chi connectivity index (χ1v) is 47.0. The number of H-pyrrole nitrogens is 1. The molecule has 54 nitrogen and oxygen atoms in total. The van der Waals surface area contributed by atoms with E-state index in [2.05, 4.69) is 74.1 Å². The maximum Gasteiger partial charge on any atom is 0.317 e. The number of thioether (sulfide) groups is 1. The monoisotopic (exact) mass is 2150 g/mol. The second-order valence-corrected chi connectivity index (χ2v) is 34.9. The Kier molecular flexibility index (Phi) is 53.6. The van der Waals surface area contributed by atoms with E-state index in [-0.39, 0.29) is 115 Å². The van der Waals surface area contributed by atoms with Gasteiger partial charge in [0.15, 0.2) is 0 Å². The Morgan fingerprint density at radius 2 is 0.648 bits per heavy atom. The zero-order chi connectivity index (χ0) is 107. The third kappa shape index (κ3) is 47.4. The van der Waals surface area contributed by atoms with Gasteiger partial charge in [-0.1, -0.05) is 60.7 Å². The van der Waals surface area contributed by atoms with E-state index in [9.17, 15) is 141 Å². The maximum atomic E-state index is 14.7. The van der Waals surface area contributed by atoms with E-state index >= 15 is 0 Å². The molecule has 1 aliphatic rings.